The van der Waals surface area contributed by atoms with E-state index in [9.17, 15) is 0 Å². The molecule has 0 atom stereocenters. The standard InChI is InChI=1S/C29H60O12/c1-3-5-6-7-31-10-11-33-14-15-35-18-19-37-22-23-39-26-27-41-29-28-40-25-24-38-21-20-36-17-16-34-13-12-32-9-8-30-4-2/h3-29H2,1-2H3. The molecule has 0 rings (SSSR count). The third-order valence-electron chi connectivity index (χ3n) is 5.19. The number of hydrogen-bond donors (Lipinski definition) is 0. The highest BCUT2D eigenvalue weighted by molar-refractivity contribution is 4.40. The monoisotopic (exact) mass is 600 g/mol. The smallest absolute Gasteiger partial charge is 0.0701 e. The van der Waals surface area contributed by atoms with Gasteiger partial charge in [-0.25, -0.2) is 0 Å². The molecule has 0 saturated heterocycles. The summed E-state index contributed by atoms with van der Waals surface area (Å²) in [5.41, 5.74) is 0. The van der Waals surface area contributed by atoms with Gasteiger partial charge in [0, 0.05) is 13.2 Å². The molecule has 0 aliphatic carbocycles. The van der Waals surface area contributed by atoms with E-state index < -0.39 is 0 Å². The van der Waals surface area contributed by atoms with Crippen molar-refractivity contribution in [3.05, 3.63) is 0 Å². The lowest BCUT2D eigenvalue weighted by molar-refractivity contribution is -0.0282. The lowest BCUT2D eigenvalue weighted by Gasteiger charge is -2.09. The van der Waals surface area contributed by atoms with Gasteiger partial charge < -0.3 is 56.8 Å². The Hall–Kier alpha value is -0.480. The van der Waals surface area contributed by atoms with Crippen LogP contribution < -0.4 is 0 Å². The second kappa shape index (κ2) is 39.5. The molecule has 0 radical (unpaired) electrons. The van der Waals surface area contributed by atoms with Crippen LogP contribution in [0.2, 0.25) is 0 Å². The number of ether oxygens (including phenoxy) is 12. The van der Waals surface area contributed by atoms with E-state index in [1.54, 1.807) is 0 Å². The Morgan fingerprint density at radius 2 is 0.415 bits per heavy atom. The van der Waals surface area contributed by atoms with Gasteiger partial charge in [-0.15, -0.1) is 0 Å². The fourth-order valence-electron chi connectivity index (χ4n) is 3.02. The Morgan fingerprint density at radius 3 is 0.610 bits per heavy atom. The summed E-state index contributed by atoms with van der Waals surface area (Å²) in [5.74, 6) is 0. The lowest BCUT2D eigenvalue weighted by atomic mass is 10.3. The van der Waals surface area contributed by atoms with Crippen LogP contribution in [-0.4, -0.2) is 159 Å². The maximum Gasteiger partial charge on any atom is 0.0701 e. The van der Waals surface area contributed by atoms with Crippen molar-refractivity contribution >= 4 is 0 Å². The van der Waals surface area contributed by atoms with Gasteiger partial charge in [-0.05, 0) is 13.3 Å². The summed E-state index contributed by atoms with van der Waals surface area (Å²) in [4.78, 5) is 0. The average molecular weight is 601 g/mol. The summed E-state index contributed by atoms with van der Waals surface area (Å²) in [6, 6.07) is 0. The molecule has 248 valence electrons. The van der Waals surface area contributed by atoms with E-state index in [0.29, 0.717) is 152 Å². The first-order chi connectivity index (χ1) is 20.4. The van der Waals surface area contributed by atoms with Crippen molar-refractivity contribution in [3.63, 3.8) is 0 Å². The molecule has 0 saturated carbocycles. The first kappa shape index (κ1) is 40.5. The lowest BCUT2D eigenvalue weighted by Crippen LogP contribution is -2.15. The molecule has 0 aromatic rings. The Balaban J connectivity index is 3.02. The molecule has 0 aliphatic heterocycles. The van der Waals surface area contributed by atoms with E-state index in [0.717, 1.165) is 13.0 Å². The van der Waals surface area contributed by atoms with Gasteiger partial charge in [0.1, 0.15) is 0 Å². The average Bonchev–Trinajstić information content (AvgIpc) is 2.98. The molecule has 0 N–H and O–H groups in total. The highest BCUT2D eigenvalue weighted by atomic mass is 16.6. The van der Waals surface area contributed by atoms with Crippen molar-refractivity contribution in [1.82, 2.24) is 0 Å². The van der Waals surface area contributed by atoms with Crippen LogP contribution in [0.3, 0.4) is 0 Å². The summed E-state index contributed by atoms with van der Waals surface area (Å²) in [6.07, 6.45) is 3.55. The fourth-order valence-corrected chi connectivity index (χ4v) is 3.02. The van der Waals surface area contributed by atoms with E-state index in [1.165, 1.54) is 12.8 Å². The summed E-state index contributed by atoms with van der Waals surface area (Å²) < 4.78 is 65.2. The fraction of sp³-hybridized carbons (Fsp3) is 1.00. The quantitative estimate of drug-likeness (QED) is 0.0971. The molecule has 0 aromatic carbocycles. The maximum atomic E-state index is 5.48. The van der Waals surface area contributed by atoms with Crippen LogP contribution in [0.4, 0.5) is 0 Å². The second-order valence-electron chi connectivity index (χ2n) is 8.64. The minimum absolute atomic E-state index is 0.521. The molecule has 0 aromatic heterocycles. The number of rotatable bonds is 38. The van der Waals surface area contributed by atoms with E-state index in [2.05, 4.69) is 6.92 Å². The van der Waals surface area contributed by atoms with Gasteiger partial charge in [-0.1, -0.05) is 19.8 Å². The number of hydrogen-bond acceptors (Lipinski definition) is 12. The summed E-state index contributed by atoms with van der Waals surface area (Å²) in [7, 11) is 0. The van der Waals surface area contributed by atoms with E-state index in [-0.39, 0.29) is 0 Å². The molecule has 0 amide bonds. The molecule has 0 unspecified atom stereocenters. The van der Waals surface area contributed by atoms with Crippen LogP contribution in [0.5, 0.6) is 0 Å². The van der Waals surface area contributed by atoms with E-state index >= 15 is 0 Å². The van der Waals surface area contributed by atoms with Crippen molar-refractivity contribution in [3.8, 4) is 0 Å². The molecule has 12 nitrogen and oxygen atoms in total. The van der Waals surface area contributed by atoms with E-state index in [4.69, 9.17) is 56.8 Å². The van der Waals surface area contributed by atoms with E-state index in [1.807, 2.05) is 6.92 Å². The highest BCUT2D eigenvalue weighted by Crippen LogP contribution is 1.94. The topological polar surface area (TPSA) is 111 Å². The van der Waals surface area contributed by atoms with Crippen LogP contribution in [0.1, 0.15) is 33.1 Å². The molecule has 41 heavy (non-hydrogen) atoms. The van der Waals surface area contributed by atoms with Crippen molar-refractivity contribution in [2.75, 3.05) is 159 Å². The summed E-state index contributed by atoms with van der Waals surface area (Å²) in [5, 5.41) is 0. The van der Waals surface area contributed by atoms with Gasteiger partial charge in [0.2, 0.25) is 0 Å². The van der Waals surface area contributed by atoms with Gasteiger partial charge in [-0.3, -0.25) is 0 Å². The Kier molecular flexibility index (Phi) is 39.1. The van der Waals surface area contributed by atoms with Gasteiger partial charge in [0.25, 0.3) is 0 Å². The zero-order valence-electron chi connectivity index (χ0n) is 26.0. The molecule has 0 aliphatic rings. The van der Waals surface area contributed by atoms with Crippen molar-refractivity contribution in [1.29, 1.82) is 0 Å². The molecule has 0 heterocycles. The normalized spacial score (nSPS) is 11.6. The third kappa shape index (κ3) is 39.5. The zero-order chi connectivity index (χ0) is 29.6. The van der Waals surface area contributed by atoms with Crippen molar-refractivity contribution in [2.24, 2.45) is 0 Å². The highest BCUT2D eigenvalue weighted by Gasteiger charge is 1.96. The molecule has 0 fully saturated rings. The van der Waals surface area contributed by atoms with Crippen LogP contribution in [0.15, 0.2) is 0 Å². The van der Waals surface area contributed by atoms with Gasteiger partial charge in [0.05, 0.1) is 145 Å². The molecule has 0 bridgehead atoms. The zero-order valence-corrected chi connectivity index (χ0v) is 26.0. The largest absolute Gasteiger partial charge is 0.379 e. The van der Waals surface area contributed by atoms with Crippen molar-refractivity contribution in [2.45, 2.75) is 33.1 Å². The Labute approximate surface area is 248 Å². The van der Waals surface area contributed by atoms with Gasteiger partial charge in [-0.2, -0.15) is 0 Å². The predicted molar refractivity (Wildman–Crippen MR) is 155 cm³/mol. The SMILES string of the molecule is CCCCCOCCOCCOCCOCCOCCOCCOCCOCCOCCOCCOCCOCC. The minimum Gasteiger partial charge on any atom is -0.379 e. The predicted octanol–water partition coefficient (Wildman–Crippen LogP) is 2.40. The molecule has 0 spiro atoms. The van der Waals surface area contributed by atoms with Gasteiger partial charge >= 0.3 is 0 Å². The van der Waals surface area contributed by atoms with Gasteiger partial charge in [0.15, 0.2) is 0 Å². The number of unbranched alkanes of at least 4 members (excludes halogenated alkanes) is 2. The summed E-state index contributed by atoms with van der Waals surface area (Å²) in [6.45, 7) is 17.8. The van der Waals surface area contributed by atoms with Crippen LogP contribution in [0, 0.1) is 0 Å². The maximum absolute atomic E-state index is 5.48. The second-order valence-corrected chi connectivity index (χ2v) is 8.64. The molecular formula is C29H60O12. The van der Waals surface area contributed by atoms with Crippen LogP contribution in [-0.2, 0) is 56.8 Å². The first-order valence-electron chi connectivity index (χ1n) is 15.3. The molecule has 12 heteroatoms. The molecular weight excluding hydrogens is 540 g/mol. The third-order valence-corrected chi connectivity index (χ3v) is 5.19. The van der Waals surface area contributed by atoms with Crippen LogP contribution in [0.25, 0.3) is 0 Å². The first-order valence-corrected chi connectivity index (χ1v) is 15.3. The Morgan fingerprint density at radius 1 is 0.220 bits per heavy atom. The minimum atomic E-state index is 0.521. The Bertz CT molecular complexity index is 410. The summed E-state index contributed by atoms with van der Waals surface area (Å²) >= 11 is 0. The van der Waals surface area contributed by atoms with Crippen molar-refractivity contribution < 1.29 is 56.8 Å². The van der Waals surface area contributed by atoms with Crippen LogP contribution >= 0.6 is 0 Å².